The molecule has 1 aliphatic rings. The summed E-state index contributed by atoms with van der Waals surface area (Å²) in [7, 11) is 0. The highest BCUT2D eigenvalue weighted by Gasteiger charge is 2.38. The SMILES string of the molecule is O=C(CCNc1ncnc2ccccc12)N1CCC[C@H](c2ccc(-c3noc(C(F)(F)F)n3)cn2)C1. The van der Waals surface area contributed by atoms with Crippen LogP contribution < -0.4 is 5.32 Å². The number of benzene rings is 1. The second-order valence-corrected chi connectivity index (χ2v) is 8.49. The molecule has 1 atom stereocenters. The molecule has 1 amide bonds. The summed E-state index contributed by atoms with van der Waals surface area (Å²) in [4.78, 5) is 31.0. The lowest BCUT2D eigenvalue weighted by molar-refractivity contribution is -0.159. The fourth-order valence-electron chi connectivity index (χ4n) is 4.27. The molecule has 9 nitrogen and oxygen atoms in total. The van der Waals surface area contributed by atoms with Crippen LogP contribution in [0.3, 0.4) is 0 Å². The Balaban J connectivity index is 1.17. The van der Waals surface area contributed by atoms with Crippen molar-refractivity contribution in [3.05, 3.63) is 60.5 Å². The van der Waals surface area contributed by atoms with Gasteiger partial charge in [-0.1, -0.05) is 17.3 Å². The number of nitrogens with zero attached hydrogens (tertiary/aromatic N) is 6. The van der Waals surface area contributed by atoms with Gasteiger partial charge in [0.25, 0.3) is 0 Å². The van der Waals surface area contributed by atoms with E-state index >= 15 is 0 Å². The Morgan fingerprint density at radius 3 is 2.78 bits per heavy atom. The Hall–Kier alpha value is -4.09. The van der Waals surface area contributed by atoms with Crippen LogP contribution in [0.15, 0.2) is 53.4 Å². The van der Waals surface area contributed by atoms with E-state index in [1.807, 2.05) is 29.2 Å². The monoisotopic (exact) mass is 497 g/mol. The molecule has 1 N–H and O–H groups in total. The van der Waals surface area contributed by atoms with Crippen LogP contribution in [0, 0.1) is 0 Å². The van der Waals surface area contributed by atoms with E-state index in [1.165, 1.54) is 12.5 Å². The Morgan fingerprint density at radius 2 is 2.00 bits per heavy atom. The van der Waals surface area contributed by atoms with Gasteiger partial charge in [-0.3, -0.25) is 9.78 Å². The molecule has 12 heteroatoms. The minimum Gasteiger partial charge on any atom is -0.369 e. The van der Waals surface area contributed by atoms with Gasteiger partial charge in [0.1, 0.15) is 12.1 Å². The third kappa shape index (κ3) is 5.11. The number of alkyl halides is 3. The van der Waals surface area contributed by atoms with E-state index in [1.54, 1.807) is 12.1 Å². The van der Waals surface area contributed by atoms with E-state index in [-0.39, 0.29) is 17.6 Å². The summed E-state index contributed by atoms with van der Waals surface area (Å²) < 4.78 is 42.4. The van der Waals surface area contributed by atoms with Crippen LogP contribution in [0.4, 0.5) is 19.0 Å². The van der Waals surface area contributed by atoms with Gasteiger partial charge in [-0.15, -0.1) is 0 Å². The zero-order valence-electron chi connectivity index (χ0n) is 19.1. The second kappa shape index (κ2) is 9.88. The van der Waals surface area contributed by atoms with Crippen molar-refractivity contribution in [3.63, 3.8) is 0 Å². The molecule has 0 aliphatic carbocycles. The van der Waals surface area contributed by atoms with Gasteiger partial charge in [0.05, 0.1) is 5.52 Å². The molecule has 1 fully saturated rings. The number of nitrogens with one attached hydrogen (secondary N) is 1. The third-order valence-electron chi connectivity index (χ3n) is 6.08. The highest BCUT2D eigenvalue weighted by molar-refractivity contribution is 5.88. The number of aromatic nitrogens is 5. The summed E-state index contributed by atoms with van der Waals surface area (Å²) in [5, 5.41) is 7.52. The number of amides is 1. The first kappa shape index (κ1) is 23.6. The zero-order valence-corrected chi connectivity index (χ0v) is 19.1. The highest BCUT2D eigenvalue weighted by atomic mass is 19.4. The van der Waals surface area contributed by atoms with Crippen molar-refractivity contribution in [2.45, 2.75) is 31.4 Å². The summed E-state index contributed by atoms with van der Waals surface area (Å²) in [6.45, 7) is 1.65. The molecule has 4 aromatic rings. The first-order valence-electron chi connectivity index (χ1n) is 11.5. The number of halogens is 3. The second-order valence-electron chi connectivity index (χ2n) is 8.49. The number of carbonyl (C=O) groups excluding carboxylic acids is 1. The van der Waals surface area contributed by atoms with Gasteiger partial charge in [-0.25, -0.2) is 9.97 Å². The number of para-hydroxylation sites is 1. The number of anilines is 1. The maximum absolute atomic E-state index is 12.9. The molecule has 0 spiro atoms. The Morgan fingerprint density at radius 1 is 1.14 bits per heavy atom. The molecule has 5 rings (SSSR count). The van der Waals surface area contributed by atoms with E-state index in [0.29, 0.717) is 37.4 Å². The van der Waals surface area contributed by atoms with Crippen molar-refractivity contribution in [2.24, 2.45) is 0 Å². The third-order valence-corrected chi connectivity index (χ3v) is 6.08. The molecule has 1 saturated heterocycles. The van der Waals surface area contributed by atoms with Gasteiger partial charge < -0.3 is 14.7 Å². The van der Waals surface area contributed by atoms with Gasteiger partial charge >= 0.3 is 12.1 Å². The van der Waals surface area contributed by atoms with Crippen molar-refractivity contribution in [1.82, 2.24) is 30.0 Å². The number of fused-ring (bicyclic) bond motifs is 1. The largest absolute Gasteiger partial charge is 0.471 e. The molecule has 1 aliphatic heterocycles. The first-order chi connectivity index (χ1) is 17.4. The molecule has 0 unspecified atom stereocenters. The lowest BCUT2D eigenvalue weighted by atomic mass is 9.93. The summed E-state index contributed by atoms with van der Waals surface area (Å²) in [6.07, 6.45) is 0.238. The normalized spacial score (nSPS) is 16.3. The number of likely N-dealkylation sites (tertiary alicyclic amines) is 1. The van der Waals surface area contributed by atoms with Crippen molar-refractivity contribution in [3.8, 4) is 11.4 Å². The predicted octanol–water partition coefficient (Wildman–Crippen LogP) is 4.30. The van der Waals surface area contributed by atoms with Crippen molar-refractivity contribution in [2.75, 3.05) is 25.0 Å². The van der Waals surface area contributed by atoms with Gasteiger partial charge in [-0.05, 0) is 37.1 Å². The van der Waals surface area contributed by atoms with Crippen molar-refractivity contribution in [1.29, 1.82) is 0 Å². The standard InChI is InChI=1S/C24H22F3N7O2/c25-24(26,27)23-32-21(33-36-23)15-7-8-18(29-12-15)16-4-3-11-34(13-16)20(35)9-10-28-22-17-5-1-2-6-19(17)30-14-31-22/h1-2,5-8,12,14,16H,3-4,9-11,13H2,(H,28,30,31)/t16-/m0/s1. The molecule has 36 heavy (non-hydrogen) atoms. The first-order valence-corrected chi connectivity index (χ1v) is 11.5. The van der Waals surface area contributed by atoms with E-state index in [0.717, 1.165) is 29.4 Å². The predicted molar refractivity (Wildman–Crippen MR) is 124 cm³/mol. The Bertz CT molecular complexity index is 1350. The van der Waals surface area contributed by atoms with E-state index in [9.17, 15) is 18.0 Å². The Kier molecular flexibility index (Phi) is 6.49. The molecular weight excluding hydrogens is 475 g/mol. The maximum Gasteiger partial charge on any atom is 0.471 e. The average Bonchev–Trinajstić information content (AvgIpc) is 3.40. The van der Waals surface area contributed by atoms with Crippen LogP contribution in [0.2, 0.25) is 0 Å². The highest BCUT2D eigenvalue weighted by Crippen LogP contribution is 2.30. The van der Waals surface area contributed by atoms with Gasteiger partial charge in [-0.2, -0.15) is 18.2 Å². The zero-order chi connectivity index (χ0) is 25.1. The Labute approximate surface area is 203 Å². The summed E-state index contributed by atoms with van der Waals surface area (Å²) in [5.74, 6) is -0.811. The minimum absolute atomic E-state index is 0.0338. The minimum atomic E-state index is -4.70. The smallest absolute Gasteiger partial charge is 0.369 e. The summed E-state index contributed by atoms with van der Waals surface area (Å²) >= 11 is 0. The lowest BCUT2D eigenvalue weighted by Crippen LogP contribution is -2.39. The van der Waals surface area contributed by atoms with E-state index < -0.39 is 12.1 Å². The maximum atomic E-state index is 12.9. The summed E-state index contributed by atoms with van der Waals surface area (Å²) in [6, 6.07) is 11.0. The topological polar surface area (TPSA) is 110 Å². The molecule has 0 radical (unpaired) electrons. The van der Waals surface area contributed by atoms with Gasteiger partial charge in [0, 0.05) is 54.8 Å². The van der Waals surface area contributed by atoms with Crippen LogP contribution in [0.1, 0.15) is 36.8 Å². The van der Waals surface area contributed by atoms with Crippen LogP contribution in [-0.4, -0.2) is 55.5 Å². The van der Waals surface area contributed by atoms with Crippen molar-refractivity contribution >= 4 is 22.6 Å². The quantitative estimate of drug-likeness (QED) is 0.420. The molecule has 0 bridgehead atoms. The number of piperidine rings is 1. The lowest BCUT2D eigenvalue weighted by Gasteiger charge is -2.32. The number of hydrogen-bond donors (Lipinski definition) is 1. The van der Waals surface area contributed by atoms with Crippen LogP contribution in [0.25, 0.3) is 22.3 Å². The molecule has 0 saturated carbocycles. The van der Waals surface area contributed by atoms with Crippen LogP contribution >= 0.6 is 0 Å². The van der Waals surface area contributed by atoms with Crippen molar-refractivity contribution < 1.29 is 22.5 Å². The molecule has 3 aromatic heterocycles. The fourth-order valence-corrected chi connectivity index (χ4v) is 4.27. The van der Waals surface area contributed by atoms with Gasteiger partial charge in [0.15, 0.2) is 0 Å². The van der Waals surface area contributed by atoms with Crippen LogP contribution in [0.5, 0.6) is 0 Å². The molecule has 4 heterocycles. The van der Waals surface area contributed by atoms with Crippen LogP contribution in [-0.2, 0) is 11.0 Å². The average molecular weight is 497 g/mol. The van der Waals surface area contributed by atoms with E-state index in [2.05, 4.69) is 34.9 Å². The summed E-state index contributed by atoms with van der Waals surface area (Å²) in [5.41, 5.74) is 1.92. The molecular formula is C24H22F3N7O2. The number of carbonyl (C=O) groups is 1. The number of hydrogen-bond acceptors (Lipinski definition) is 8. The number of rotatable bonds is 6. The van der Waals surface area contributed by atoms with Gasteiger partial charge in [0.2, 0.25) is 11.7 Å². The molecule has 186 valence electrons. The molecule has 1 aromatic carbocycles. The number of pyridine rings is 1. The van der Waals surface area contributed by atoms with E-state index in [4.69, 9.17) is 0 Å². The fraction of sp³-hybridized carbons (Fsp3) is 0.333.